The molecule has 0 spiro atoms. The highest BCUT2D eigenvalue weighted by Gasteiger charge is 2.14. The topological polar surface area (TPSA) is 35.5 Å². The number of hydrogen-bond donors (Lipinski definition) is 0. The Kier molecular flexibility index (Phi) is 4.15. The Hall–Kier alpha value is -1.03. The van der Waals surface area contributed by atoms with Crippen LogP contribution in [-0.2, 0) is 0 Å². The molecule has 0 radical (unpaired) electrons. The van der Waals surface area contributed by atoms with Crippen molar-refractivity contribution in [3.8, 4) is 11.5 Å². The van der Waals surface area contributed by atoms with Gasteiger partial charge in [0.25, 0.3) is 0 Å². The lowest BCUT2D eigenvalue weighted by molar-refractivity contribution is 0.0995. The predicted octanol–water partition coefficient (Wildman–Crippen LogP) is 2.67. The minimum absolute atomic E-state index is 0.0240. The minimum atomic E-state index is -0.199. The number of ketones is 1. The van der Waals surface area contributed by atoms with Gasteiger partial charge in [0.15, 0.2) is 17.3 Å². The molecule has 0 bridgehead atoms. The number of carbonyl (C=O) groups is 1. The van der Waals surface area contributed by atoms with Crippen LogP contribution in [0.2, 0.25) is 0 Å². The van der Waals surface area contributed by atoms with Crippen LogP contribution in [0.5, 0.6) is 11.5 Å². The quantitative estimate of drug-likeness (QED) is 0.625. The highest BCUT2D eigenvalue weighted by atomic mass is 79.9. The number of halogens is 1. The van der Waals surface area contributed by atoms with Crippen LogP contribution >= 0.6 is 15.9 Å². The fraction of sp³-hybridized carbons (Fsp3) is 0.364. The van der Waals surface area contributed by atoms with Crippen LogP contribution in [0.4, 0.5) is 0 Å². The summed E-state index contributed by atoms with van der Waals surface area (Å²) in [6, 6.07) is 5.13. The van der Waals surface area contributed by atoms with Crippen molar-refractivity contribution in [2.45, 2.75) is 11.8 Å². The molecule has 3 nitrogen and oxygen atoms in total. The first kappa shape index (κ1) is 12.0. The van der Waals surface area contributed by atoms with Crippen molar-refractivity contribution in [1.29, 1.82) is 0 Å². The van der Waals surface area contributed by atoms with Crippen LogP contribution in [0, 0.1) is 0 Å². The first-order chi connectivity index (χ1) is 7.10. The molecule has 1 atom stereocenters. The molecule has 0 aliphatic carbocycles. The number of benzene rings is 1. The molecule has 15 heavy (non-hydrogen) atoms. The molecule has 0 heterocycles. The molecule has 4 heteroatoms. The van der Waals surface area contributed by atoms with Crippen molar-refractivity contribution in [2.24, 2.45) is 0 Å². The van der Waals surface area contributed by atoms with Crippen molar-refractivity contribution in [1.82, 2.24) is 0 Å². The van der Waals surface area contributed by atoms with Gasteiger partial charge in [-0.15, -0.1) is 0 Å². The third-order valence-corrected chi connectivity index (χ3v) is 2.45. The lowest BCUT2D eigenvalue weighted by atomic mass is 10.1. The normalized spacial score (nSPS) is 12.0. The van der Waals surface area contributed by atoms with Gasteiger partial charge < -0.3 is 9.47 Å². The first-order valence-electron chi connectivity index (χ1n) is 4.50. The molecule has 0 fully saturated rings. The van der Waals surface area contributed by atoms with Gasteiger partial charge in [-0.05, 0) is 25.1 Å². The number of carbonyl (C=O) groups excluding carboxylic acids is 1. The maximum Gasteiger partial charge on any atom is 0.176 e. The summed E-state index contributed by atoms with van der Waals surface area (Å²) in [4.78, 5) is 11.5. The summed E-state index contributed by atoms with van der Waals surface area (Å²) in [6.07, 6.45) is 0. The molecule has 0 aliphatic rings. The zero-order valence-electron chi connectivity index (χ0n) is 8.91. The molecule has 0 aromatic heterocycles. The van der Waals surface area contributed by atoms with Crippen molar-refractivity contribution in [3.05, 3.63) is 23.8 Å². The third kappa shape index (κ3) is 2.72. The Labute approximate surface area is 97.5 Å². The molecular formula is C11H13BrO3. The number of alkyl halides is 1. The Bertz CT molecular complexity index is 361. The van der Waals surface area contributed by atoms with E-state index in [0.29, 0.717) is 17.1 Å². The molecular weight excluding hydrogens is 260 g/mol. The Morgan fingerprint density at radius 2 is 1.87 bits per heavy atom. The van der Waals surface area contributed by atoms with Gasteiger partial charge in [-0.1, -0.05) is 15.9 Å². The fourth-order valence-corrected chi connectivity index (χ4v) is 1.48. The highest BCUT2D eigenvalue weighted by molar-refractivity contribution is 9.10. The van der Waals surface area contributed by atoms with E-state index in [0.717, 1.165) is 0 Å². The van der Waals surface area contributed by atoms with Crippen LogP contribution in [0.3, 0.4) is 0 Å². The summed E-state index contributed by atoms with van der Waals surface area (Å²) in [5.74, 6) is 1.21. The fourth-order valence-electron chi connectivity index (χ4n) is 1.22. The minimum Gasteiger partial charge on any atom is -0.493 e. The van der Waals surface area contributed by atoms with Crippen LogP contribution in [0.25, 0.3) is 0 Å². The molecule has 82 valence electrons. The molecule has 0 aliphatic heterocycles. The predicted molar refractivity (Wildman–Crippen MR) is 62.3 cm³/mol. The van der Waals surface area contributed by atoms with Gasteiger partial charge in [0.1, 0.15) is 0 Å². The summed E-state index contributed by atoms with van der Waals surface area (Å²) < 4.78 is 10.2. The number of Topliss-reactive ketones (excluding diaryl/α,β-unsaturated/α-hetero) is 1. The largest absolute Gasteiger partial charge is 0.493 e. The first-order valence-corrected chi connectivity index (χ1v) is 5.42. The molecule has 0 unspecified atom stereocenters. The molecule has 0 amide bonds. The van der Waals surface area contributed by atoms with Crippen molar-refractivity contribution in [2.75, 3.05) is 14.2 Å². The summed E-state index contributed by atoms with van der Waals surface area (Å²) in [5, 5.41) is 0. The van der Waals surface area contributed by atoms with E-state index in [2.05, 4.69) is 15.9 Å². The number of rotatable bonds is 4. The summed E-state index contributed by atoms with van der Waals surface area (Å²) in [5.41, 5.74) is 0.608. The van der Waals surface area contributed by atoms with Crippen molar-refractivity contribution in [3.63, 3.8) is 0 Å². The van der Waals surface area contributed by atoms with E-state index in [-0.39, 0.29) is 10.6 Å². The Morgan fingerprint density at radius 1 is 1.27 bits per heavy atom. The summed E-state index contributed by atoms with van der Waals surface area (Å²) in [6.45, 7) is 1.79. The van der Waals surface area contributed by atoms with Gasteiger partial charge in [-0.2, -0.15) is 0 Å². The molecule has 1 rings (SSSR count). The van der Waals surface area contributed by atoms with E-state index >= 15 is 0 Å². The van der Waals surface area contributed by atoms with Crippen LogP contribution < -0.4 is 9.47 Å². The van der Waals surface area contributed by atoms with Gasteiger partial charge in [0.05, 0.1) is 19.0 Å². The molecule has 1 aromatic rings. The van der Waals surface area contributed by atoms with Gasteiger partial charge in [0.2, 0.25) is 0 Å². The highest BCUT2D eigenvalue weighted by Crippen LogP contribution is 2.28. The molecule has 1 aromatic carbocycles. The second-order valence-corrected chi connectivity index (χ2v) is 4.42. The van der Waals surface area contributed by atoms with E-state index in [4.69, 9.17) is 9.47 Å². The average molecular weight is 273 g/mol. The van der Waals surface area contributed by atoms with E-state index in [1.54, 1.807) is 39.3 Å². The SMILES string of the molecule is COc1ccc(C(=O)[C@@H](C)Br)cc1OC. The van der Waals surface area contributed by atoms with E-state index in [1.807, 2.05) is 0 Å². The van der Waals surface area contributed by atoms with Gasteiger partial charge >= 0.3 is 0 Å². The maximum absolute atomic E-state index is 11.7. The van der Waals surface area contributed by atoms with Crippen LogP contribution in [0.1, 0.15) is 17.3 Å². The average Bonchev–Trinajstić information content (AvgIpc) is 2.26. The Balaban J connectivity index is 3.08. The Morgan fingerprint density at radius 3 is 2.33 bits per heavy atom. The lowest BCUT2D eigenvalue weighted by Crippen LogP contribution is -2.10. The van der Waals surface area contributed by atoms with Gasteiger partial charge in [-0.25, -0.2) is 0 Å². The smallest absolute Gasteiger partial charge is 0.176 e. The summed E-state index contributed by atoms with van der Waals surface area (Å²) >= 11 is 3.24. The van der Waals surface area contributed by atoms with Crippen molar-refractivity contribution >= 4 is 21.7 Å². The third-order valence-electron chi connectivity index (χ3n) is 2.03. The lowest BCUT2D eigenvalue weighted by Gasteiger charge is -2.09. The zero-order chi connectivity index (χ0) is 11.4. The number of methoxy groups -OCH3 is 2. The number of hydrogen-bond acceptors (Lipinski definition) is 3. The van der Waals surface area contributed by atoms with Gasteiger partial charge in [0, 0.05) is 5.56 Å². The van der Waals surface area contributed by atoms with Gasteiger partial charge in [-0.3, -0.25) is 4.79 Å². The zero-order valence-corrected chi connectivity index (χ0v) is 10.5. The van der Waals surface area contributed by atoms with E-state index in [1.165, 1.54) is 0 Å². The second-order valence-electron chi connectivity index (χ2n) is 3.05. The van der Waals surface area contributed by atoms with E-state index in [9.17, 15) is 4.79 Å². The second kappa shape index (κ2) is 5.16. The molecule has 0 saturated heterocycles. The molecule has 0 N–H and O–H groups in total. The van der Waals surface area contributed by atoms with Crippen LogP contribution in [-0.4, -0.2) is 24.8 Å². The maximum atomic E-state index is 11.7. The summed E-state index contributed by atoms with van der Waals surface area (Å²) in [7, 11) is 3.11. The van der Waals surface area contributed by atoms with Crippen LogP contribution in [0.15, 0.2) is 18.2 Å². The molecule has 0 saturated carbocycles. The van der Waals surface area contributed by atoms with E-state index < -0.39 is 0 Å². The van der Waals surface area contributed by atoms with Crippen molar-refractivity contribution < 1.29 is 14.3 Å². The number of ether oxygens (including phenoxy) is 2. The standard InChI is InChI=1S/C11H13BrO3/c1-7(12)11(13)8-4-5-9(14-2)10(6-8)15-3/h4-7H,1-3H3/t7-/m1/s1. The monoisotopic (exact) mass is 272 g/mol.